The van der Waals surface area contributed by atoms with Crippen molar-refractivity contribution in [3.8, 4) is 6.07 Å². The standard InChI is InChI=1S/C8H10N6O2/c9-1-2-12-6(15)4-14-3-5(10)7(13-14)8(11)16/h3H,2,4,10H2,(H2,11,16)(H,12,15). The van der Waals surface area contributed by atoms with Crippen molar-refractivity contribution in [2.24, 2.45) is 5.73 Å². The minimum absolute atomic E-state index is 0.0758. The summed E-state index contributed by atoms with van der Waals surface area (Å²) in [6.07, 6.45) is 1.33. The molecule has 0 spiro atoms. The van der Waals surface area contributed by atoms with Crippen LogP contribution in [0, 0.1) is 11.3 Å². The lowest BCUT2D eigenvalue weighted by Gasteiger charge is -2.00. The van der Waals surface area contributed by atoms with E-state index in [0.29, 0.717) is 0 Å². The maximum Gasteiger partial charge on any atom is 0.271 e. The van der Waals surface area contributed by atoms with E-state index >= 15 is 0 Å². The molecule has 1 aromatic rings. The van der Waals surface area contributed by atoms with Crippen molar-refractivity contribution in [2.75, 3.05) is 12.3 Å². The monoisotopic (exact) mass is 222 g/mol. The van der Waals surface area contributed by atoms with Gasteiger partial charge in [-0.2, -0.15) is 10.4 Å². The Labute approximate surface area is 90.8 Å². The fraction of sp³-hybridized carbons (Fsp3) is 0.250. The van der Waals surface area contributed by atoms with Crippen molar-refractivity contribution >= 4 is 17.5 Å². The minimum Gasteiger partial charge on any atom is -0.396 e. The van der Waals surface area contributed by atoms with Crippen LogP contribution in [0.5, 0.6) is 0 Å². The number of amides is 2. The molecule has 0 aliphatic heterocycles. The fourth-order valence-corrected chi connectivity index (χ4v) is 1.05. The van der Waals surface area contributed by atoms with Crippen molar-refractivity contribution in [2.45, 2.75) is 6.54 Å². The van der Waals surface area contributed by atoms with Crippen LogP contribution in [0.1, 0.15) is 10.5 Å². The summed E-state index contributed by atoms with van der Waals surface area (Å²) in [5.74, 6) is -1.16. The van der Waals surface area contributed by atoms with Gasteiger partial charge in [0.1, 0.15) is 13.1 Å². The molecule has 8 heteroatoms. The van der Waals surface area contributed by atoms with E-state index in [2.05, 4.69) is 10.4 Å². The Morgan fingerprint density at radius 2 is 2.31 bits per heavy atom. The van der Waals surface area contributed by atoms with Gasteiger partial charge < -0.3 is 16.8 Å². The number of primary amides is 1. The number of nitrogens with two attached hydrogens (primary N) is 2. The fourth-order valence-electron chi connectivity index (χ4n) is 1.05. The topological polar surface area (TPSA) is 140 Å². The quantitative estimate of drug-likeness (QED) is 0.516. The van der Waals surface area contributed by atoms with E-state index in [1.54, 1.807) is 6.07 Å². The molecule has 0 aliphatic carbocycles. The van der Waals surface area contributed by atoms with Crippen molar-refractivity contribution < 1.29 is 9.59 Å². The van der Waals surface area contributed by atoms with Crippen LogP contribution in [-0.4, -0.2) is 28.1 Å². The molecule has 0 bridgehead atoms. The predicted octanol–water partition coefficient (Wildman–Crippen LogP) is -1.80. The van der Waals surface area contributed by atoms with Gasteiger partial charge in [-0.1, -0.05) is 0 Å². The smallest absolute Gasteiger partial charge is 0.271 e. The van der Waals surface area contributed by atoms with E-state index in [9.17, 15) is 9.59 Å². The van der Waals surface area contributed by atoms with E-state index in [4.69, 9.17) is 16.7 Å². The van der Waals surface area contributed by atoms with Gasteiger partial charge in [-0.15, -0.1) is 0 Å². The van der Waals surface area contributed by atoms with E-state index in [0.717, 1.165) is 0 Å². The summed E-state index contributed by atoms with van der Waals surface area (Å²) in [4.78, 5) is 22.0. The molecule has 1 aromatic heterocycles. The summed E-state index contributed by atoms with van der Waals surface area (Å²) in [7, 11) is 0. The van der Waals surface area contributed by atoms with Gasteiger partial charge in [0.2, 0.25) is 5.91 Å². The number of carbonyl (C=O) groups excluding carboxylic acids is 2. The minimum atomic E-state index is -0.756. The zero-order valence-corrected chi connectivity index (χ0v) is 8.30. The second kappa shape index (κ2) is 4.79. The number of rotatable bonds is 4. The van der Waals surface area contributed by atoms with Gasteiger partial charge in [-0.3, -0.25) is 14.3 Å². The zero-order valence-electron chi connectivity index (χ0n) is 8.30. The molecule has 2 amide bonds. The van der Waals surface area contributed by atoms with Crippen LogP contribution in [0.15, 0.2) is 6.20 Å². The molecule has 1 heterocycles. The number of hydrogen-bond acceptors (Lipinski definition) is 5. The lowest BCUT2D eigenvalue weighted by molar-refractivity contribution is -0.121. The van der Waals surface area contributed by atoms with Crippen molar-refractivity contribution in [3.05, 3.63) is 11.9 Å². The van der Waals surface area contributed by atoms with Gasteiger partial charge in [0, 0.05) is 6.20 Å². The largest absolute Gasteiger partial charge is 0.396 e. The molecular formula is C8H10N6O2. The Morgan fingerprint density at radius 1 is 1.62 bits per heavy atom. The Bertz CT molecular complexity index is 458. The zero-order chi connectivity index (χ0) is 12.1. The van der Waals surface area contributed by atoms with Crippen LogP contribution >= 0.6 is 0 Å². The number of carbonyl (C=O) groups is 2. The Hall–Kier alpha value is -2.56. The third-order valence-electron chi connectivity index (χ3n) is 1.69. The van der Waals surface area contributed by atoms with Crippen molar-refractivity contribution in [1.82, 2.24) is 15.1 Å². The van der Waals surface area contributed by atoms with E-state index < -0.39 is 11.8 Å². The third-order valence-corrected chi connectivity index (χ3v) is 1.69. The molecule has 0 saturated heterocycles. The van der Waals surface area contributed by atoms with Gasteiger partial charge in [-0.05, 0) is 0 Å². The predicted molar refractivity (Wildman–Crippen MR) is 53.8 cm³/mol. The average molecular weight is 222 g/mol. The normalized spacial score (nSPS) is 9.44. The molecule has 0 aromatic carbocycles. The second-order valence-corrected chi connectivity index (χ2v) is 2.93. The lowest BCUT2D eigenvalue weighted by atomic mass is 10.4. The number of nitrogens with one attached hydrogen (secondary N) is 1. The number of hydrogen-bond donors (Lipinski definition) is 3. The number of anilines is 1. The number of nitriles is 1. The first kappa shape index (κ1) is 11.5. The second-order valence-electron chi connectivity index (χ2n) is 2.93. The van der Waals surface area contributed by atoms with Crippen molar-refractivity contribution in [3.63, 3.8) is 0 Å². The first-order valence-electron chi connectivity index (χ1n) is 4.31. The summed E-state index contributed by atoms with van der Waals surface area (Å²) < 4.78 is 1.18. The van der Waals surface area contributed by atoms with Crippen LogP contribution in [0.4, 0.5) is 5.69 Å². The van der Waals surface area contributed by atoms with Gasteiger partial charge in [0.15, 0.2) is 5.69 Å². The summed E-state index contributed by atoms with van der Waals surface area (Å²) in [6, 6.07) is 1.76. The van der Waals surface area contributed by atoms with Crippen molar-refractivity contribution in [1.29, 1.82) is 5.26 Å². The maximum atomic E-state index is 11.2. The van der Waals surface area contributed by atoms with Crippen LogP contribution in [0.25, 0.3) is 0 Å². The van der Waals surface area contributed by atoms with Crippen LogP contribution < -0.4 is 16.8 Å². The molecule has 0 aliphatic rings. The number of aromatic nitrogens is 2. The Balaban J connectivity index is 2.69. The van der Waals surface area contributed by atoms with Gasteiger partial charge in [-0.25, -0.2) is 0 Å². The van der Waals surface area contributed by atoms with Gasteiger partial charge in [0.05, 0.1) is 11.8 Å². The van der Waals surface area contributed by atoms with E-state index in [-0.39, 0.29) is 24.5 Å². The Kier molecular flexibility index (Phi) is 3.45. The molecule has 16 heavy (non-hydrogen) atoms. The molecule has 0 radical (unpaired) electrons. The van der Waals surface area contributed by atoms with Gasteiger partial charge in [0.25, 0.3) is 5.91 Å². The molecule has 5 N–H and O–H groups in total. The molecule has 0 unspecified atom stereocenters. The maximum absolute atomic E-state index is 11.2. The molecule has 0 saturated carbocycles. The molecule has 0 atom stereocenters. The summed E-state index contributed by atoms with van der Waals surface area (Å²) in [5.41, 5.74) is 10.5. The first-order chi connectivity index (χ1) is 7.54. The third kappa shape index (κ3) is 2.71. The number of nitrogens with zero attached hydrogens (tertiary/aromatic N) is 3. The summed E-state index contributed by atoms with van der Waals surface area (Å²) in [6.45, 7) is -0.211. The van der Waals surface area contributed by atoms with E-state index in [1.807, 2.05) is 0 Å². The highest BCUT2D eigenvalue weighted by Crippen LogP contribution is 2.07. The highest BCUT2D eigenvalue weighted by Gasteiger charge is 2.12. The molecule has 1 rings (SSSR count). The number of nitrogen functional groups attached to an aromatic ring is 1. The van der Waals surface area contributed by atoms with Crippen LogP contribution in [0.2, 0.25) is 0 Å². The molecule has 84 valence electrons. The average Bonchev–Trinajstić information content (AvgIpc) is 2.56. The highest BCUT2D eigenvalue weighted by molar-refractivity contribution is 5.95. The van der Waals surface area contributed by atoms with Crippen LogP contribution in [0.3, 0.4) is 0 Å². The van der Waals surface area contributed by atoms with E-state index in [1.165, 1.54) is 10.9 Å². The molecular weight excluding hydrogens is 212 g/mol. The Morgan fingerprint density at radius 3 is 2.81 bits per heavy atom. The molecule has 8 nitrogen and oxygen atoms in total. The van der Waals surface area contributed by atoms with Gasteiger partial charge >= 0.3 is 0 Å². The van der Waals surface area contributed by atoms with Crippen LogP contribution in [-0.2, 0) is 11.3 Å². The summed E-state index contributed by atoms with van der Waals surface area (Å²) >= 11 is 0. The highest BCUT2D eigenvalue weighted by atomic mass is 16.2. The lowest BCUT2D eigenvalue weighted by Crippen LogP contribution is -2.28. The summed E-state index contributed by atoms with van der Waals surface area (Å²) in [5, 5.41) is 14.3. The molecule has 0 fully saturated rings. The first-order valence-corrected chi connectivity index (χ1v) is 4.31. The SMILES string of the molecule is N#CCNC(=O)Cn1cc(N)c(C(N)=O)n1.